The van der Waals surface area contributed by atoms with E-state index in [9.17, 15) is 0 Å². The lowest BCUT2D eigenvalue weighted by Crippen LogP contribution is -2.31. The van der Waals surface area contributed by atoms with Gasteiger partial charge in [0.15, 0.2) is 0 Å². The molecule has 0 aromatic heterocycles. The van der Waals surface area contributed by atoms with E-state index < -0.39 is 0 Å². The molecule has 0 saturated heterocycles. The van der Waals surface area contributed by atoms with Crippen molar-refractivity contribution in [3.05, 3.63) is 0 Å². The molecule has 0 aliphatic heterocycles. The van der Waals surface area contributed by atoms with Crippen molar-refractivity contribution in [1.82, 2.24) is 5.32 Å². The monoisotopic (exact) mass is 197 g/mol. The van der Waals surface area contributed by atoms with Crippen LogP contribution in [0.15, 0.2) is 0 Å². The van der Waals surface area contributed by atoms with E-state index in [0.717, 1.165) is 12.0 Å². The van der Waals surface area contributed by atoms with Crippen LogP contribution < -0.4 is 5.32 Å². The van der Waals surface area contributed by atoms with E-state index >= 15 is 0 Å². The summed E-state index contributed by atoms with van der Waals surface area (Å²) < 4.78 is 0. The Kier molecular flexibility index (Phi) is 4.43. The third-order valence-corrected chi connectivity index (χ3v) is 3.51. The zero-order valence-corrected chi connectivity index (χ0v) is 10.4. The first kappa shape index (κ1) is 12.0. The third-order valence-electron chi connectivity index (χ3n) is 3.51. The Morgan fingerprint density at radius 2 is 2.14 bits per heavy atom. The number of hydrogen-bond donors (Lipinski definition) is 1. The molecule has 0 aromatic carbocycles. The summed E-state index contributed by atoms with van der Waals surface area (Å²) in [6.07, 6.45) is 6.83. The minimum atomic E-state index is 0.589. The van der Waals surface area contributed by atoms with Crippen LogP contribution in [0.25, 0.3) is 0 Å². The molecule has 84 valence electrons. The largest absolute Gasteiger partial charge is 0.314 e. The van der Waals surface area contributed by atoms with Gasteiger partial charge in [0.1, 0.15) is 0 Å². The first-order chi connectivity index (χ1) is 6.53. The first-order valence-electron chi connectivity index (χ1n) is 6.27. The lowest BCUT2D eigenvalue weighted by molar-refractivity contribution is 0.355. The van der Waals surface area contributed by atoms with Gasteiger partial charge in [-0.15, -0.1) is 0 Å². The molecule has 1 rings (SSSR count). The van der Waals surface area contributed by atoms with Crippen LogP contribution in [0.4, 0.5) is 0 Å². The molecule has 1 saturated carbocycles. The summed E-state index contributed by atoms with van der Waals surface area (Å²) in [6.45, 7) is 10.6. The minimum absolute atomic E-state index is 0.589. The predicted octanol–water partition coefficient (Wildman–Crippen LogP) is 3.59. The van der Waals surface area contributed by atoms with E-state index in [2.05, 4.69) is 33.0 Å². The van der Waals surface area contributed by atoms with Crippen molar-refractivity contribution in [3.63, 3.8) is 0 Å². The molecule has 1 aliphatic rings. The highest BCUT2D eigenvalue weighted by Gasteiger charge is 2.30. The average molecular weight is 197 g/mol. The van der Waals surface area contributed by atoms with Crippen LogP contribution in [0, 0.1) is 11.3 Å². The summed E-state index contributed by atoms with van der Waals surface area (Å²) in [5, 5.41) is 3.72. The van der Waals surface area contributed by atoms with Gasteiger partial charge >= 0.3 is 0 Å². The van der Waals surface area contributed by atoms with Crippen LogP contribution in [0.1, 0.15) is 59.8 Å². The maximum atomic E-state index is 3.72. The van der Waals surface area contributed by atoms with E-state index in [1.54, 1.807) is 0 Å². The molecule has 0 bridgehead atoms. The highest BCUT2D eigenvalue weighted by molar-refractivity contribution is 4.86. The molecule has 1 N–H and O–H groups in total. The fourth-order valence-corrected chi connectivity index (χ4v) is 2.57. The van der Waals surface area contributed by atoms with Gasteiger partial charge in [0.05, 0.1) is 0 Å². The molecule has 1 fully saturated rings. The van der Waals surface area contributed by atoms with Gasteiger partial charge in [-0.2, -0.15) is 0 Å². The molecule has 14 heavy (non-hydrogen) atoms. The smallest absolute Gasteiger partial charge is 0.00724 e. The standard InChI is InChI=1S/C13H27N/c1-5-6-11(2)10-14-12-7-8-13(3,4)9-12/h11-12,14H,5-10H2,1-4H3. The Morgan fingerprint density at radius 1 is 1.43 bits per heavy atom. The molecular formula is C13H27N. The average Bonchev–Trinajstić information content (AvgIpc) is 2.43. The van der Waals surface area contributed by atoms with E-state index in [4.69, 9.17) is 0 Å². The molecule has 2 atom stereocenters. The normalized spacial score (nSPS) is 27.9. The molecule has 2 unspecified atom stereocenters. The van der Waals surface area contributed by atoms with Crippen LogP contribution in [-0.2, 0) is 0 Å². The Labute approximate surface area is 89.7 Å². The second kappa shape index (κ2) is 5.16. The van der Waals surface area contributed by atoms with Gasteiger partial charge in [0.25, 0.3) is 0 Å². The van der Waals surface area contributed by atoms with E-state index in [-0.39, 0.29) is 0 Å². The Hall–Kier alpha value is -0.0400. The van der Waals surface area contributed by atoms with Crippen molar-refractivity contribution in [1.29, 1.82) is 0 Å². The van der Waals surface area contributed by atoms with Crippen molar-refractivity contribution in [2.75, 3.05) is 6.54 Å². The van der Waals surface area contributed by atoms with Gasteiger partial charge in [-0.1, -0.05) is 34.1 Å². The van der Waals surface area contributed by atoms with Gasteiger partial charge in [-0.05, 0) is 43.6 Å². The van der Waals surface area contributed by atoms with Crippen molar-refractivity contribution in [3.8, 4) is 0 Å². The quantitative estimate of drug-likeness (QED) is 0.710. The number of hydrogen-bond acceptors (Lipinski definition) is 1. The zero-order chi connectivity index (χ0) is 10.6. The highest BCUT2D eigenvalue weighted by Crippen LogP contribution is 2.36. The summed E-state index contributed by atoms with van der Waals surface area (Å²) in [6, 6.07) is 0.796. The van der Waals surface area contributed by atoms with E-state index in [0.29, 0.717) is 5.41 Å². The molecule has 0 spiro atoms. The fraction of sp³-hybridized carbons (Fsp3) is 1.00. The Balaban J connectivity index is 2.14. The van der Waals surface area contributed by atoms with Crippen molar-refractivity contribution in [2.24, 2.45) is 11.3 Å². The van der Waals surface area contributed by atoms with E-state index in [1.165, 1.54) is 38.6 Å². The van der Waals surface area contributed by atoms with Gasteiger partial charge in [-0.3, -0.25) is 0 Å². The topological polar surface area (TPSA) is 12.0 Å². The SMILES string of the molecule is CCCC(C)CNC1CCC(C)(C)C1. The molecule has 0 radical (unpaired) electrons. The Bertz CT molecular complexity index is 163. The Morgan fingerprint density at radius 3 is 2.64 bits per heavy atom. The summed E-state index contributed by atoms with van der Waals surface area (Å²) in [5.41, 5.74) is 0.589. The maximum Gasteiger partial charge on any atom is 0.00724 e. The van der Waals surface area contributed by atoms with Crippen LogP contribution in [-0.4, -0.2) is 12.6 Å². The van der Waals surface area contributed by atoms with Crippen molar-refractivity contribution < 1.29 is 0 Å². The van der Waals surface area contributed by atoms with E-state index in [1.807, 2.05) is 0 Å². The summed E-state index contributed by atoms with van der Waals surface area (Å²) in [4.78, 5) is 0. The molecule has 0 heterocycles. The van der Waals surface area contributed by atoms with Crippen molar-refractivity contribution in [2.45, 2.75) is 65.8 Å². The van der Waals surface area contributed by atoms with Crippen LogP contribution in [0.3, 0.4) is 0 Å². The molecule has 1 heteroatoms. The lowest BCUT2D eigenvalue weighted by Gasteiger charge is -2.19. The first-order valence-corrected chi connectivity index (χ1v) is 6.27. The molecule has 0 aromatic rings. The summed E-state index contributed by atoms with van der Waals surface area (Å²) in [5.74, 6) is 0.851. The van der Waals surface area contributed by atoms with Gasteiger partial charge in [-0.25, -0.2) is 0 Å². The predicted molar refractivity (Wildman–Crippen MR) is 63.5 cm³/mol. The molecule has 1 aliphatic carbocycles. The summed E-state index contributed by atoms with van der Waals surface area (Å²) in [7, 11) is 0. The second-order valence-corrected chi connectivity index (χ2v) is 5.91. The molecular weight excluding hydrogens is 170 g/mol. The molecule has 1 nitrogen and oxygen atoms in total. The third kappa shape index (κ3) is 4.00. The van der Waals surface area contributed by atoms with Crippen LogP contribution in [0.5, 0.6) is 0 Å². The highest BCUT2D eigenvalue weighted by atomic mass is 14.9. The lowest BCUT2D eigenvalue weighted by atomic mass is 9.92. The van der Waals surface area contributed by atoms with Gasteiger partial charge < -0.3 is 5.32 Å². The van der Waals surface area contributed by atoms with Crippen molar-refractivity contribution >= 4 is 0 Å². The van der Waals surface area contributed by atoms with Gasteiger partial charge in [0, 0.05) is 6.04 Å². The fourth-order valence-electron chi connectivity index (χ4n) is 2.57. The zero-order valence-electron chi connectivity index (χ0n) is 10.4. The minimum Gasteiger partial charge on any atom is -0.314 e. The number of nitrogens with one attached hydrogen (secondary N) is 1. The van der Waals surface area contributed by atoms with Crippen LogP contribution in [0.2, 0.25) is 0 Å². The second-order valence-electron chi connectivity index (χ2n) is 5.91. The molecule has 0 amide bonds. The maximum absolute atomic E-state index is 3.72. The van der Waals surface area contributed by atoms with Gasteiger partial charge in [0.2, 0.25) is 0 Å². The summed E-state index contributed by atoms with van der Waals surface area (Å²) >= 11 is 0. The number of rotatable bonds is 5. The van der Waals surface area contributed by atoms with Crippen LogP contribution >= 0.6 is 0 Å².